The first-order chi connectivity index (χ1) is 18.3. The van der Waals surface area contributed by atoms with Crippen LogP contribution in [0.15, 0.2) is 83.1 Å². The molecule has 0 aliphatic heterocycles. The second-order valence-corrected chi connectivity index (χ2v) is 10.8. The van der Waals surface area contributed by atoms with Gasteiger partial charge in [-0.25, -0.2) is 5.43 Å². The third-order valence-electron chi connectivity index (χ3n) is 6.10. The number of nitrogens with one attached hydrogen (secondary N) is 1. The van der Waals surface area contributed by atoms with Crippen LogP contribution < -0.4 is 10.2 Å². The number of nitrogens with zero attached hydrogens (tertiary/aromatic N) is 4. The molecule has 4 rings (SSSR count). The fraction of sp³-hybridized carbons (Fsp3) is 0.267. The summed E-state index contributed by atoms with van der Waals surface area (Å²) < 4.78 is 7.28. The van der Waals surface area contributed by atoms with E-state index in [0.717, 1.165) is 29.0 Å². The van der Waals surface area contributed by atoms with Crippen LogP contribution >= 0.6 is 11.8 Å². The van der Waals surface area contributed by atoms with E-state index in [4.69, 9.17) is 4.74 Å². The minimum atomic E-state index is -0.225. The van der Waals surface area contributed by atoms with Gasteiger partial charge in [0, 0.05) is 11.3 Å². The number of aryl methyl sites for hydroxylation is 1. The van der Waals surface area contributed by atoms with Crippen molar-refractivity contribution < 1.29 is 9.53 Å². The molecule has 1 amide bonds. The Balaban J connectivity index is 1.52. The van der Waals surface area contributed by atoms with Gasteiger partial charge in [-0.2, -0.15) is 5.10 Å². The molecule has 0 atom stereocenters. The van der Waals surface area contributed by atoms with Gasteiger partial charge in [0.2, 0.25) is 0 Å². The third-order valence-corrected chi connectivity index (χ3v) is 7.03. The van der Waals surface area contributed by atoms with Gasteiger partial charge < -0.3 is 4.74 Å². The van der Waals surface area contributed by atoms with Crippen molar-refractivity contribution in [1.82, 2.24) is 20.2 Å². The van der Waals surface area contributed by atoms with E-state index >= 15 is 0 Å². The molecule has 1 heterocycles. The van der Waals surface area contributed by atoms with Crippen LogP contribution in [0.1, 0.15) is 44.4 Å². The minimum Gasteiger partial charge on any atom is -0.497 e. The quantitative estimate of drug-likeness (QED) is 0.163. The summed E-state index contributed by atoms with van der Waals surface area (Å²) in [7, 11) is 1.64. The Labute approximate surface area is 228 Å². The van der Waals surface area contributed by atoms with Crippen LogP contribution in [0.25, 0.3) is 17.1 Å². The van der Waals surface area contributed by atoms with Crippen LogP contribution in [0.2, 0.25) is 0 Å². The molecule has 0 fully saturated rings. The summed E-state index contributed by atoms with van der Waals surface area (Å²) in [6.07, 6.45) is 2.62. The molecule has 1 aromatic heterocycles. The number of rotatable bonds is 9. The monoisotopic (exact) mass is 527 g/mol. The SMILES string of the molecule is CCc1ccc(C=NNC(=O)CSc2nnc(-c3ccc(C(C)(C)C)cc3)n2-c2ccc(OC)cc2)cc1. The zero-order valence-corrected chi connectivity index (χ0v) is 23.2. The van der Waals surface area contributed by atoms with Crippen molar-refractivity contribution in [3.63, 3.8) is 0 Å². The van der Waals surface area contributed by atoms with E-state index in [9.17, 15) is 4.79 Å². The molecule has 8 heteroatoms. The maximum atomic E-state index is 12.5. The van der Waals surface area contributed by atoms with E-state index in [1.807, 2.05) is 41.0 Å². The second kappa shape index (κ2) is 12.1. The molecule has 0 bridgehead atoms. The Morgan fingerprint density at radius 3 is 2.29 bits per heavy atom. The Morgan fingerprint density at radius 1 is 1.00 bits per heavy atom. The largest absolute Gasteiger partial charge is 0.497 e. The molecule has 38 heavy (non-hydrogen) atoms. The van der Waals surface area contributed by atoms with Crippen molar-refractivity contribution in [3.05, 3.63) is 89.5 Å². The van der Waals surface area contributed by atoms with E-state index in [2.05, 4.69) is 84.8 Å². The molecule has 0 spiro atoms. The van der Waals surface area contributed by atoms with Gasteiger partial charge in [-0.15, -0.1) is 10.2 Å². The average Bonchev–Trinajstić information content (AvgIpc) is 3.36. The van der Waals surface area contributed by atoms with Crippen LogP contribution in [-0.2, 0) is 16.6 Å². The molecule has 0 unspecified atom stereocenters. The first kappa shape index (κ1) is 27.1. The van der Waals surface area contributed by atoms with Gasteiger partial charge in [0.15, 0.2) is 11.0 Å². The topological polar surface area (TPSA) is 81.4 Å². The van der Waals surface area contributed by atoms with Crippen LogP contribution in [0.4, 0.5) is 0 Å². The van der Waals surface area contributed by atoms with E-state index in [1.54, 1.807) is 13.3 Å². The number of ether oxygens (including phenoxy) is 1. The summed E-state index contributed by atoms with van der Waals surface area (Å²) in [5.41, 5.74) is 7.90. The summed E-state index contributed by atoms with van der Waals surface area (Å²) in [6, 6.07) is 24.1. The van der Waals surface area contributed by atoms with Gasteiger partial charge in [-0.1, -0.05) is 88.0 Å². The number of methoxy groups -OCH3 is 1. The normalized spacial score (nSPS) is 11.6. The molecular formula is C30H33N5O2S. The average molecular weight is 528 g/mol. The smallest absolute Gasteiger partial charge is 0.250 e. The first-order valence-corrected chi connectivity index (χ1v) is 13.5. The Morgan fingerprint density at radius 2 is 1.68 bits per heavy atom. The van der Waals surface area contributed by atoms with E-state index in [-0.39, 0.29) is 17.1 Å². The highest BCUT2D eigenvalue weighted by Crippen LogP contribution is 2.30. The lowest BCUT2D eigenvalue weighted by molar-refractivity contribution is -0.118. The maximum Gasteiger partial charge on any atom is 0.250 e. The van der Waals surface area contributed by atoms with Crippen molar-refractivity contribution in [1.29, 1.82) is 0 Å². The molecule has 0 aliphatic carbocycles. The summed E-state index contributed by atoms with van der Waals surface area (Å²) in [5.74, 6) is 1.38. The van der Waals surface area contributed by atoms with Crippen LogP contribution in [0, 0.1) is 0 Å². The van der Waals surface area contributed by atoms with Gasteiger partial charge in [-0.05, 0) is 52.8 Å². The lowest BCUT2D eigenvalue weighted by atomic mass is 9.87. The second-order valence-electron chi connectivity index (χ2n) is 9.84. The number of hydrogen-bond acceptors (Lipinski definition) is 6. The van der Waals surface area contributed by atoms with Crippen molar-refractivity contribution in [3.8, 4) is 22.8 Å². The van der Waals surface area contributed by atoms with Gasteiger partial charge in [0.25, 0.3) is 5.91 Å². The molecule has 196 valence electrons. The number of thioether (sulfide) groups is 1. The molecular weight excluding hydrogens is 494 g/mol. The lowest BCUT2D eigenvalue weighted by Crippen LogP contribution is -2.20. The fourth-order valence-corrected chi connectivity index (χ4v) is 4.56. The summed E-state index contributed by atoms with van der Waals surface area (Å²) >= 11 is 1.31. The molecule has 4 aromatic rings. The predicted octanol–water partition coefficient (Wildman–Crippen LogP) is 6.05. The van der Waals surface area contributed by atoms with Crippen LogP contribution in [0.3, 0.4) is 0 Å². The first-order valence-electron chi connectivity index (χ1n) is 12.5. The predicted molar refractivity (Wildman–Crippen MR) is 154 cm³/mol. The Hall–Kier alpha value is -3.91. The van der Waals surface area contributed by atoms with E-state index < -0.39 is 0 Å². The highest BCUT2D eigenvalue weighted by Gasteiger charge is 2.19. The zero-order valence-electron chi connectivity index (χ0n) is 22.4. The molecule has 7 nitrogen and oxygen atoms in total. The van der Waals surface area contributed by atoms with Crippen molar-refractivity contribution in [2.24, 2.45) is 5.10 Å². The summed E-state index contributed by atoms with van der Waals surface area (Å²) in [5, 5.41) is 13.6. The Kier molecular flexibility index (Phi) is 8.63. The minimum absolute atomic E-state index is 0.0536. The lowest BCUT2D eigenvalue weighted by Gasteiger charge is -2.19. The molecule has 0 radical (unpaired) electrons. The Bertz CT molecular complexity index is 1390. The number of carbonyl (C=O) groups is 1. The molecule has 0 aliphatic rings. The number of benzene rings is 3. The number of amides is 1. The van der Waals surface area contributed by atoms with Crippen LogP contribution in [-0.4, -0.2) is 39.7 Å². The van der Waals surface area contributed by atoms with Gasteiger partial charge in [0.1, 0.15) is 5.75 Å². The number of carbonyl (C=O) groups excluding carboxylic acids is 1. The number of hydrazone groups is 1. The van der Waals surface area contributed by atoms with Gasteiger partial charge >= 0.3 is 0 Å². The van der Waals surface area contributed by atoms with Crippen molar-refractivity contribution >= 4 is 23.9 Å². The summed E-state index contributed by atoms with van der Waals surface area (Å²) in [4.78, 5) is 12.5. The highest BCUT2D eigenvalue weighted by molar-refractivity contribution is 7.99. The van der Waals surface area contributed by atoms with Crippen LogP contribution in [0.5, 0.6) is 5.75 Å². The molecule has 1 N–H and O–H groups in total. The fourth-order valence-electron chi connectivity index (χ4n) is 3.81. The third kappa shape index (κ3) is 6.69. The maximum absolute atomic E-state index is 12.5. The van der Waals surface area contributed by atoms with Gasteiger partial charge in [-0.3, -0.25) is 9.36 Å². The highest BCUT2D eigenvalue weighted by atomic mass is 32.2. The number of aromatic nitrogens is 3. The molecule has 0 saturated carbocycles. The van der Waals surface area contributed by atoms with Crippen molar-refractivity contribution in [2.75, 3.05) is 12.9 Å². The van der Waals surface area contributed by atoms with Crippen molar-refractivity contribution in [2.45, 2.75) is 44.7 Å². The number of hydrogen-bond donors (Lipinski definition) is 1. The van der Waals surface area contributed by atoms with E-state index in [1.165, 1.54) is 22.9 Å². The molecule has 3 aromatic carbocycles. The van der Waals surface area contributed by atoms with Gasteiger partial charge in [0.05, 0.1) is 19.1 Å². The molecule has 0 saturated heterocycles. The standard InChI is InChI=1S/C30H33N5O2S/c1-6-21-7-9-22(10-8-21)19-31-32-27(36)20-38-29-34-33-28(23-11-13-24(14-12-23)30(2,3)4)35(29)25-15-17-26(37-5)18-16-25/h7-19H,6,20H2,1-5H3,(H,32,36). The van der Waals surface area contributed by atoms with E-state index in [0.29, 0.717) is 11.0 Å². The zero-order chi connectivity index (χ0) is 27.1. The summed E-state index contributed by atoms with van der Waals surface area (Å²) in [6.45, 7) is 8.68.